The molecule has 1 fully saturated rings. The number of nitrogens with zero attached hydrogens (tertiary/aromatic N) is 3. The van der Waals surface area contributed by atoms with Gasteiger partial charge in [0.25, 0.3) is 0 Å². The summed E-state index contributed by atoms with van der Waals surface area (Å²) in [6, 6.07) is 0.370. The standard InChI is InChI=1S/C13H22N4O/c1-4-5-10-12(14)15-8-16-13(10)17(3)11-6-7-18-9(11)2/h8-9,11H,4-7H2,1-3H3,(H2,14,15,16). The van der Waals surface area contributed by atoms with Crippen molar-refractivity contribution in [2.75, 3.05) is 24.3 Å². The Morgan fingerprint density at radius 2 is 2.28 bits per heavy atom. The van der Waals surface area contributed by atoms with E-state index in [1.807, 2.05) is 0 Å². The van der Waals surface area contributed by atoms with Crippen LogP contribution < -0.4 is 10.6 Å². The highest BCUT2D eigenvalue weighted by molar-refractivity contribution is 5.57. The van der Waals surface area contributed by atoms with E-state index in [4.69, 9.17) is 10.5 Å². The van der Waals surface area contributed by atoms with E-state index in [-0.39, 0.29) is 6.10 Å². The molecule has 0 saturated carbocycles. The van der Waals surface area contributed by atoms with Crippen molar-refractivity contribution in [1.29, 1.82) is 0 Å². The molecule has 1 aromatic heterocycles. The molecule has 5 nitrogen and oxygen atoms in total. The third-order valence-corrected chi connectivity index (χ3v) is 3.62. The van der Waals surface area contributed by atoms with E-state index in [9.17, 15) is 0 Å². The van der Waals surface area contributed by atoms with Crippen LogP contribution in [0.4, 0.5) is 11.6 Å². The molecule has 0 radical (unpaired) electrons. The molecule has 100 valence electrons. The van der Waals surface area contributed by atoms with Crippen molar-refractivity contribution in [2.24, 2.45) is 0 Å². The minimum absolute atomic E-state index is 0.237. The van der Waals surface area contributed by atoms with Gasteiger partial charge in [-0.05, 0) is 19.8 Å². The Morgan fingerprint density at radius 1 is 1.50 bits per heavy atom. The summed E-state index contributed by atoms with van der Waals surface area (Å²) in [4.78, 5) is 10.7. The van der Waals surface area contributed by atoms with Gasteiger partial charge in [-0.1, -0.05) is 13.3 Å². The van der Waals surface area contributed by atoms with E-state index in [0.717, 1.165) is 37.3 Å². The SMILES string of the molecule is CCCc1c(N)ncnc1N(C)C1CCOC1C. The Morgan fingerprint density at radius 3 is 2.89 bits per heavy atom. The molecule has 1 aliphatic heterocycles. The van der Waals surface area contributed by atoms with Gasteiger partial charge in [-0.25, -0.2) is 9.97 Å². The van der Waals surface area contributed by atoms with Gasteiger partial charge < -0.3 is 15.4 Å². The molecule has 1 saturated heterocycles. The maximum absolute atomic E-state index is 5.97. The van der Waals surface area contributed by atoms with Crippen LogP contribution in [-0.4, -0.2) is 35.8 Å². The lowest BCUT2D eigenvalue weighted by molar-refractivity contribution is 0.118. The van der Waals surface area contributed by atoms with E-state index in [1.54, 1.807) is 6.33 Å². The highest BCUT2D eigenvalue weighted by atomic mass is 16.5. The van der Waals surface area contributed by atoms with Gasteiger partial charge in [0.15, 0.2) is 0 Å². The zero-order chi connectivity index (χ0) is 13.1. The Labute approximate surface area is 108 Å². The molecule has 2 unspecified atom stereocenters. The van der Waals surface area contributed by atoms with Crippen LogP contribution in [0.15, 0.2) is 6.33 Å². The normalized spacial score (nSPS) is 23.3. The van der Waals surface area contributed by atoms with Crippen molar-refractivity contribution in [3.05, 3.63) is 11.9 Å². The summed E-state index contributed by atoms with van der Waals surface area (Å²) in [7, 11) is 2.07. The second-order valence-corrected chi connectivity index (χ2v) is 4.85. The van der Waals surface area contributed by atoms with Crippen molar-refractivity contribution in [3.63, 3.8) is 0 Å². The van der Waals surface area contributed by atoms with Gasteiger partial charge in [0.05, 0.1) is 12.1 Å². The first-order valence-corrected chi connectivity index (χ1v) is 6.59. The second-order valence-electron chi connectivity index (χ2n) is 4.85. The Balaban J connectivity index is 2.29. The van der Waals surface area contributed by atoms with Gasteiger partial charge in [0.2, 0.25) is 0 Å². The zero-order valence-electron chi connectivity index (χ0n) is 11.4. The Hall–Kier alpha value is -1.36. The average Bonchev–Trinajstić information content (AvgIpc) is 2.77. The minimum atomic E-state index is 0.237. The highest BCUT2D eigenvalue weighted by Gasteiger charge is 2.30. The largest absolute Gasteiger partial charge is 0.383 e. The molecule has 18 heavy (non-hydrogen) atoms. The van der Waals surface area contributed by atoms with Crippen molar-refractivity contribution < 1.29 is 4.74 Å². The van der Waals surface area contributed by atoms with Gasteiger partial charge >= 0.3 is 0 Å². The predicted molar refractivity (Wildman–Crippen MR) is 72.7 cm³/mol. The van der Waals surface area contributed by atoms with Crippen molar-refractivity contribution in [1.82, 2.24) is 9.97 Å². The van der Waals surface area contributed by atoms with E-state index in [0.29, 0.717) is 11.9 Å². The molecular weight excluding hydrogens is 228 g/mol. The molecule has 0 amide bonds. The molecular formula is C13H22N4O. The molecule has 2 atom stereocenters. The van der Waals surface area contributed by atoms with Gasteiger partial charge in [-0.3, -0.25) is 0 Å². The Kier molecular flexibility index (Phi) is 4.01. The number of anilines is 2. The summed E-state index contributed by atoms with van der Waals surface area (Å²) < 4.78 is 5.62. The van der Waals surface area contributed by atoms with Gasteiger partial charge in [0, 0.05) is 19.2 Å². The van der Waals surface area contributed by atoms with Crippen LogP contribution in [0, 0.1) is 0 Å². The van der Waals surface area contributed by atoms with Crippen LogP contribution in [0.3, 0.4) is 0 Å². The molecule has 0 bridgehead atoms. The van der Waals surface area contributed by atoms with Crippen LogP contribution in [0.2, 0.25) is 0 Å². The zero-order valence-corrected chi connectivity index (χ0v) is 11.4. The molecule has 5 heteroatoms. The molecule has 2 N–H and O–H groups in total. The van der Waals surface area contributed by atoms with E-state index < -0.39 is 0 Å². The molecule has 0 spiro atoms. The number of hydrogen-bond donors (Lipinski definition) is 1. The second kappa shape index (κ2) is 5.52. The van der Waals surface area contributed by atoms with E-state index >= 15 is 0 Å². The molecule has 1 aromatic rings. The lowest BCUT2D eigenvalue weighted by atomic mass is 10.1. The summed E-state index contributed by atoms with van der Waals surface area (Å²) in [5, 5.41) is 0. The summed E-state index contributed by atoms with van der Waals surface area (Å²) >= 11 is 0. The van der Waals surface area contributed by atoms with Crippen molar-refractivity contribution >= 4 is 11.6 Å². The quantitative estimate of drug-likeness (QED) is 0.879. The molecule has 0 aliphatic carbocycles. The minimum Gasteiger partial charge on any atom is -0.383 e. The summed E-state index contributed by atoms with van der Waals surface area (Å²) in [6.07, 6.45) is 4.76. The lowest BCUT2D eigenvalue weighted by Gasteiger charge is -2.29. The van der Waals surface area contributed by atoms with Gasteiger partial charge in [-0.15, -0.1) is 0 Å². The highest BCUT2D eigenvalue weighted by Crippen LogP contribution is 2.28. The number of hydrogen-bond acceptors (Lipinski definition) is 5. The molecule has 1 aliphatic rings. The summed E-state index contributed by atoms with van der Waals surface area (Å²) in [6.45, 7) is 5.07. The van der Waals surface area contributed by atoms with E-state index in [2.05, 4.69) is 35.8 Å². The van der Waals surface area contributed by atoms with Crippen molar-refractivity contribution in [3.8, 4) is 0 Å². The third-order valence-electron chi connectivity index (χ3n) is 3.62. The van der Waals surface area contributed by atoms with Crippen LogP contribution in [0.1, 0.15) is 32.3 Å². The average molecular weight is 250 g/mol. The molecule has 0 aromatic carbocycles. The number of aromatic nitrogens is 2. The maximum atomic E-state index is 5.97. The summed E-state index contributed by atoms with van der Waals surface area (Å²) in [5.74, 6) is 1.55. The molecule has 2 rings (SSSR count). The monoisotopic (exact) mass is 250 g/mol. The third kappa shape index (κ3) is 2.41. The predicted octanol–water partition coefficient (Wildman–Crippen LogP) is 1.62. The first kappa shape index (κ1) is 13.1. The van der Waals surface area contributed by atoms with Crippen LogP contribution >= 0.6 is 0 Å². The van der Waals surface area contributed by atoms with Gasteiger partial charge in [-0.2, -0.15) is 0 Å². The maximum Gasteiger partial charge on any atom is 0.137 e. The lowest BCUT2D eigenvalue weighted by Crippen LogP contribution is -2.38. The van der Waals surface area contributed by atoms with Crippen LogP contribution in [0.25, 0.3) is 0 Å². The first-order chi connectivity index (χ1) is 8.65. The van der Waals surface area contributed by atoms with Crippen LogP contribution in [0.5, 0.6) is 0 Å². The molecule has 2 heterocycles. The van der Waals surface area contributed by atoms with Gasteiger partial charge in [0.1, 0.15) is 18.0 Å². The number of nitrogen functional groups attached to an aromatic ring is 1. The topological polar surface area (TPSA) is 64.3 Å². The van der Waals surface area contributed by atoms with Crippen LogP contribution in [-0.2, 0) is 11.2 Å². The number of likely N-dealkylation sites (N-methyl/N-ethyl adjacent to an activating group) is 1. The fourth-order valence-electron chi connectivity index (χ4n) is 2.60. The fourth-order valence-corrected chi connectivity index (χ4v) is 2.60. The first-order valence-electron chi connectivity index (χ1n) is 6.59. The number of nitrogens with two attached hydrogens (primary N) is 1. The smallest absolute Gasteiger partial charge is 0.137 e. The summed E-state index contributed by atoms with van der Waals surface area (Å²) in [5.41, 5.74) is 7.03. The number of rotatable bonds is 4. The van der Waals surface area contributed by atoms with E-state index in [1.165, 1.54) is 0 Å². The Bertz CT molecular complexity index is 410. The number of ether oxygens (including phenoxy) is 1. The fraction of sp³-hybridized carbons (Fsp3) is 0.692. The van der Waals surface area contributed by atoms with Crippen molar-refractivity contribution in [2.45, 2.75) is 45.3 Å².